The average Bonchev–Trinajstić information content (AvgIpc) is 3.27. The van der Waals surface area contributed by atoms with Crippen molar-refractivity contribution in [2.24, 2.45) is 5.41 Å². The Bertz CT molecular complexity index is 1100. The molecule has 172 valence electrons. The Kier molecular flexibility index (Phi) is 6.94. The molecule has 0 radical (unpaired) electrons. The Morgan fingerprint density at radius 3 is 2.55 bits per heavy atom. The minimum atomic E-state index is -0.478. The molecule has 0 saturated carbocycles. The van der Waals surface area contributed by atoms with Crippen molar-refractivity contribution in [3.63, 3.8) is 0 Å². The van der Waals surface area contributed by atoms with Gasteiger partial charge in [-0.2, -0.15) is 0 Å². The van der Waals surface area contributed by atoms with E-state index in [0.29, 0.717) is 13.0 Å². The lowest BCUT2D eigenvalue weighted by Crippen LogP contribution is -2.43. The molecule has 2 aromatic carbocycles. The van der Waals surface area contributed by atoms with Crippen LogP contribution in [0.2, 0.25) is 0 Å². The van der Waals surface area contributed by atoms with E-state index in [0.717, 1.165) is 47.7 Å². The molecule has 3 aromatic rings. The van der Waals surface area contributed by atoms with E-state index in [4.69, 9.17) is 9.47 Å². The summed E-state index contributed by atoms with van der Waals surface area (Å²) >= 11 is 0. The fourth-order valence-corrected chi connectivity index (χ4v) is 4.86. The fourth-order valence-electron chi connectivity index (χ4n) is 4.86. The lowest BCUT2D eigenvalue weighted by Gasteiger charge is -2.29. The Morgan fingerprint density at radius 2 is 1.82 bits per heavy atom. The number of hydrogen-bond donors (Lipinski definition) is 1. The first kappa shape index (κ1) is 22.8. The number of nitrogens with zero attached hydrogens (tertiary/aromatic N) is 2. The molecule has 1 amide bonds. The molecular formula is C27H31N3O3. The fraction of sp³-hybridized carbons (Fsp3) is 0.333. The average molecular weight is 446 g/mol. The van der Waals surface area contributed by atoms with Gasteiger partial charge in [0.2, 0.25) is 5.91 Å². The summed E-state index contributed by atoms with van der Waals surface area (Å²) in [5, 5.41) is 2.93. The summed E-state index contributed by atoms with van der Waals surface area (Å²) in [5.41, 5.74) is 4.11. The van der Waals surface area contributed by atoms with Crippen LogP contribution in [0.1, 0.15) is 17.5 Å². The van der Waals surface area contributed by atoms with Gasteiger partial charge in [0.25, 0.3) is 0 Å². The standard InChI is InChI=1S/C27H31N3O3/c1-28-26(31)27(17-22-6-4-5-7-23(22)21-10-13-29-14-11-21)12-15-30(19-27)18-20-8-9-24(32-2)25(16-20)33-3/h4-11,13-14,16H,12,15,17-19H2,1-3H3,(H,28,31). The summed E-state index contributed by atoms with van der Waals surface area (Å²) in [7, 11) is 5.02. The van der Waals surface area contributed by atoms with E-state index in [1.165, 1.54) is 5.56 Å². The third-order valence-corrected chi connectivity index (χ3v) is 6.53. The quantitative estimate of drug-likeness (QED) is 0.569. The van der Waals surface area contributed by atoms with Gasteiger partial charge in [-0.25, -0.2) is 0 Å². The van der Waals surface area contributed by atoms with E-state index in [9.17, 15) is 4.79 Å². The zero-order valence-electron chi connectivity index (χ0n) is 19.5. The Hall–Kier alpha value is -3.38. The number of ether oxygens (including phenoxy) is 2. The summed E-state index contributed by atoms with van der Waals surface area (Å²) in [4.78, 5) is 19.7. The molecule has 2 heterocycles. The maximum absolute atomic E-state index is 13.2. The number of nitrogens with one attached hydrogen (secondary N) is 1. The van der Waals surface area contributed by atoms with Crippen molar-refractivity contribution >= 4 is 5.91 Å². The molecule has 0 bridgehead atoms. The molecule has 0 spiro atoms. The summed E-state index contributed by atoms with van der Waals surface area (Å²) in [6.45, 7) is 2.32. The van der Waals surface area contributed by atoms with Crippen LogP contribution in [-0.4, -0.2) is 50.1 Å². The molecular weight excluding hydrogens is 414 g/mol. The van der Waals surface area contributed by atoms with Crippen LogP contribution >= 0.6 is 0 Å². The van der Waals surface area contributed by atoms with Crippen molar-refractivity contribution in [1.82, 2.24) is 15.2 Å². The summed E-state index contributed by atoms with van der Waals surface area (Å²) in [6, 6.07) is 18.4. The monoisotopic (exact) mass is 445 g/mol. The first-order chi connectivity index (χ1) is 16.1. The Labute approximate surface area is 195 Å². The van der Waals surface area contributed by atoms with Crippen LogP contribution in [0.15, 0.2) is 67.0 Å². The first-order valence-corrected chi connectivity index (χ1v) is 11.2. The predicted molar refractivity (Wildman–Crippen MR) is 129 cm³/mol. The lowest BCUT2D eigenvalue weighted by atomic mass is 9.78. The van der Waals surface area contributed by atoms with E-state index in [-0.39, 0.29) is 5.91 Å². The third-order valence-electron chi connectivity index (χ3n) is 6.53. The van der Waals surface area contributed by atoms with Crippen molar-refractivity contribution in [3.05, 3.63) is 78.1 Å². The second-order valence-electron chi connectivity index (χ2n) is 8.58. The SMILES string of the molecule is CNC(=O)C1(Cc2ccccc2-c2ccncc2)CCN(Cc2ccc(OC)c(OC)c2)C1. The van der Waals surface area contributed by atoms with Crippen LogP contribution in [0.4, 0.5) is 0 Å². The third kappa shape index (κ3) is 4.86. The van der Waals surface area contributed by atoms with Gasteiger partial charge in [0.1, 0.15) is 0 Å². The number of carbonyl (C=O) groups excluding carboxylic acids is 1. The summed E-state index contributed by atoms with van der Waals surface area (Å²) < 4.78 is 10.8. The van der Waals surface area contributed by atoms with Crippen LogP contribution in [0.25, 0.3) is 11.1 Å². The van der Waals surface area contributed by atoms with Crippen LogP contribution in [0, 0.1) is 5.41 Å². The van der Waals surface area contributed by atoms with E-state index in [1.807, 2.05) is 36.4 Å². The smallest absolute Gasteiger partial charge is 0.227 e. The maximum Gasteiger partial charge on any atom is 0.227 e. The molecule has 0 aliphatic carbocycles. The normalized spacial score (nSPS) is 18.2. The minimum Gasteiger partial charge on any atom is -0.493 e. The molecule has 6 nitrogen and oxygen atoms in total. The first-order valence-electron chi connectivity index (χ1n) is 11.2. The molecule has 1 atom stereocenters. The van der Waals surface area contributed by atoms with Gasteiger partial charge < -0.3 is 14.8 Å². The summed E-state index contributed by atoms with van der Waals surface area (Å²) in [5.74, 6) is 1.54. The van der Waals surface area contributed by atoms with Gasteiger partial charge in [-0.1, -0.05) is 30.3 Å². The van der Waals surface area contributed by atoms with Crippen LogP contribution in [0.3, 0.4) is 0 Å². The number of methoxy groups -OCH3 is 2. The number of likely N-dealkylation sites (tertiary alicyclic amines) is 1. The number of carbonyl (C=O) groups is 1. The molecule has 1 N–H and O–H groups in total. The van der Waals surface area contributed by atoms with E-state index >= 15 is 0 Å². The van der Waals surface area contributed by atoms with Crippen molar-refractivity contribution in [2.75, 3.05) is 34.4 Å². The lowest BCUT2D eigenvalue weighted by molar-refractivity contribution is -0.130. The van der Waals surface area contributed by atoms with Gasteiger partial charge >= 0.3 is 0 Å². The van der Waals surface area contributed by atoms with Gasteiger partial charge in [-0.05, 0) is 65.9 Å². The van der Waals surface area contributed by atoms with Crippen molar-refractivity contribution in [2.45, 2.75) is 19.4 Å². The molecule has 1 aliphatic rings. The molecule has 6 heteroatoms. The number of rotatable bonds is 8. The molecule has 1 saturated heterocycles. The number of pyridine rings is 1. The molecule has 33 heavy (non-hydrogen) atoms. The van der Waals surface area contributed by atoms with E-state index < -0.39 is 5.41 Å². The van der Waals surface area contributed by atoms with Gasteiger partial charge in [-0.3, -0.25) is 14.7 Å². The van der Waals surface area contributed by atoms with E-state index in [1.54, 1.807) is 33.7 Å². The zero-order chi connectivity index (χ0) is 23.3. The molecule has 1 fully saturated rings. The highest BCUT2D eigenvalue weighted by Crippen LogP contribution is 2.38. The highest BCUT2D eigenvalue weighted by atomic mass is 16.5. The van der Waals surface area contributed by atoms with Crippen LogP contribution in [-0.2, 0) is 17.8 Å². The Balaban J connectivity index is 1.57. The second kappa shape index (κ2) is 10.0. The maximum atomic E-state index is 13.2. The highest BCUT2D eigenvalue weighted by molar-refractivity contribution is 5.84. The molecule has 1 aliphatic heterocycles. The predicted octanol–water partition coefficient (Wildman–Crippen LogP) is 3.95. The van der Waals surface area contributed by atoms with Gasteiger partial charge in [0.15, 0.2) is 11.5 Å². The topological polar surface area (TPSA) is 63.7 Å². The minimum absolute atomic E-state index is 0.0989. The van der Waals surface area contributed by atoms with Gasteiger partial charge in [0, 0.05) is 32.5 Å². The number of benzene rings is 2. The van der Waals surface area contributed by atoms with Crippen molar-refractivity contribution < 1.29 is 14.3 Å². The van der Waals surface area contributed by atoms with Crippen LogP contribution in [0.5, 0.6) is 11.5 Å². The van der Waals surface area contributed by atoms with Crippen molar-refractivity contribution in [3.8, 4) is 22.6 Å². The number of aromatic nitrogens is 1. The number of hydrogen-bond acceptors (Lipinski definition) is 5. The largest absolute Gasteiger partial charge is 0.493 e. The molecule has 4 rings (SSSR count). The second-order valence-corrected chi connectivity index (χ2v) is 8.58. The Morgan fingerprint density at radius 1 is 1.06 bits per heavy atom. The summed E-state index contributed by atoms with van der Waals surface area (Å²) in [6.07, 6.45) is 5.11. The zero-order valence-corrected chi connectivity index (χ0v) is 19.5. The molecule has 1 unspecified atom stereocenters. The highest BCUT2D eigenvalue weighted by Gasteiger charge is 2.44. The number of amides is 1. The van der Waals surface area contributed by atoms with Crippen molar-refractivity contribution in [1.29, 1.82) is 0 Å². The van der Waals surface area contributed by atoms with Crippen LogP contribution < -0.4 is 14.8 Å². The van der Waals surface area contributed by atoms with Gasteiger partial charge in [-0.15, -0.1) is 0 Å². The van der Waals surface area contributed by atoms with E-state index in [2.05, 4.69) is 33.4 Å². The molecule has 1 aromatic heterocycles. The van der Waals surface area contributed by atoms with Gasteiger partial charge in [0.05, 0.1) is 19.6 Å².